The highest BCUT2D eigenvalue weighted by Gasteiger charge is 2.18. The number of imidazole rings is 1. The largest absolute Gasteiger partial charge is 0.493 e. The van der Waals surface area contributed by atoms with Gasteiger partial charge in [0.1, 0.15) is 23.1 Å². The van der Waals surface area contributed by atoms with Gasteiger partial charge in [0, 0.05) is 23.6 Å². The lowest BCUT2D eigenvalue weighted by Gasteiger charge is -2.08. The molecule has 2 aromatic carbocycles. The van der Waals surface area contributed by atoms with E-state index in [2.05, 4.69) is 10.3 Å². The van der Waals surface area contributed by atoms with E-state index in [-0.39, 0.29) is 18.1 Å². The molecule has 5 nitrogen and oxygen atoms in total. The van der Waals surface area contributed by atoms with E-state index in [0.29, 0.717) is 18.1 Å². The summed E-state index contributed by atoms with van der Waals surface area (Å²) in [6.07, 6.45) is 2.99. The molecule has 140 valence electrons. The van der Waals surface area contributed by atoms with E-state index in [4.69, 9.17) is 4.74 Å². The van der Waals surface area contributed by atoms with Crippen molar-refractivity contribution in [1.29, 1.82) is 0 Å². The average Bonchev–Trinajstić information content (AvgIpc) is 3.39. The van der Waals surface area contributed by atoms with Gasteiger partial charge in [-0.05, 0) is 41.5 Å². The molecule has 0 fully saturated rings. The fraction of sp³-hybridized carbons (Fsp3) is 0.143. The number of amides is 1. The Morgan fingerprint density at radius 3 is 2.96 bits per heavy atom. The SMILES string of the molecule is O=C(Cc1ccc2c(c1)CCO2)Nc1c(-c2ccc(F)cc2)nc2sccn12. The number of carbonyl (C=O) groups excluding carboxylic acids is 1. The molecule has 0 unspecified atom stereocenters. The molecule has 2 aromatic heterocycles. The third-order valence-electron chi connectivity index (χ3n) is 4.76. The minimum atomic E-state index is -0.309. The standard InChI is InChI=1S/C21H16FN3O2S/c22-16-4-2-14(3-5-16)19-20(25-8-10-28-21(25)24-19)23-18(26)12-13-1-6-17-15(11-13)7-9-27-17/h1-6,8,10-11H,7,9,12H2,(H,23,26). The molecule has 0 saturated carbocycles. The first-order valence-electron chi connectivity index (χ1n) is 8.93. The summed E-state index contributed by atoms with van der Waals surface area (Å²) in [5, 5.41) is 4.90. The van der Waals surface area contributed by atoms with Gasteiger partial charge < -0.3 is 10.1 Å². The lowest BCUT2D eigenvalue weighted by molar-refractivity contribution is -0.115. The quantitative estimate of drug-likeness (QED) is 0.562. The third kappa shape index (κ3) is 3.03. The highest BCUT2D eigenvalue weighted by molar-refractivity contribution is 7.15. The van der Waals surface area contributed by atoms with Crippen molar-refractivity contribution in [2.45, 2.75) is 12.8 Å². The lowest BCUT2D eigenvalue weighted by atomic mass is 10.1. The predicted molar refractivity (Wildman–Crippen MR) is 106 cm³/mol. The summed E-state index contributed by atoms with van der Waals surface area (Å²) in [7, 11) is 0. The van der Waals surface area contributed by atoms with Crippen molar-refractivity contribution in [3.63, 3.8) is 0 Å². The summed E-state index contributed by atoms with van der Waals surface area (Å²) in [6.45, 7) is 0.692. The molecule has 3 heterocycles. The van der Waals surface area contributed by atoms with E-state index < -0.39 is 0 Å². The molecule has 28 heavy (non-hydrogen) atoms. The number of anilines is 1. The van der Waals surface area contributed by atoms with E-state index in [9.17, 15) is 9.18 Å². The van der Waals surface area contributed by atoms with E-state index in [1.165, 1.54) is 23.5 Å². The average molecular weight is 393 g/mol. The number of hydrogen-bond donors (Lipinski definition) is 1. The summed E-state index contributed by atoms with van der Waals surface area (Å²) < 4.78 is 20.7. The van der Waals surface area contributed by atoms with Gasteiger partial charge in [0.05, 0.1) is 13.0 Å². The molecular weight excluding hydrogens is 377 g/mol. The van der Waals surface area contributed by atoms with Crippen molar-refractivity contribution in [3.05, 3.63) is 71.0 Å². The molecule has 1 N–H and O–H groups in total. The third-order valence-corrected chi connectivity index (χ3v) is 5.51. The van der Waals surface area contributed by atoms with Crippen LogP contribution in [0.2, 0.25) is 0 Å². The van der Waals surface area contributed by atoms with Gasteiger partial charge in [-0.2, -0.15) is 0 Å². The molecule has 0 aliphatic carbocycles. The molecule has 0 atom stereocenters. The second-order valence-electron chi connectivity index (χ2n) is 6.64. The maximum absolute atomic E-state index is 13.3. The highest BCUT2D eigenvalue weighted by atomic mass is 32.1. The summed E-state index contributed by atoms with van der Waals surface area (Å²) >= 11 is 1.48. The lowest BCUT2D eigenvalue weighted by Crippen LogP contribution is -2.16. The minimum absolute atomic E-state index is 0.129. The summed E-state index contributed by atoms with van der Waals surface area (Å²) in [6, 6.07) is 12.0. The maximum atomic E-state index is 13.3. The number of thiazole rings is 1. The van der Waals surface area contributed by atoms with E-state index >= 15 is 0 Å². The monoisotopic (exact) mass is 393 g/mol. The Hall–Kier alpha value is -3.19. The van der Waals surface area contributed by atoms with Gasteiger partial charge in [0.15, 0.2) is 4.96 Å². The molecule has 0 spiro atoms. The number of nitrogens with one attached hydrogen (secondary N) is 1. The Bertz CT molecular complexity index is 1180. The molecule has 1 aliphatic heterocycles. The van der Waals surface area contributed by atoms with Gasteiger partial charge in [-0.15, -0.1) is 11.3 Å². The molecule has 7 heteroatoms. The second-order valence-corrected chi connectivity index (χ2v) is 7.51. The Balaban J connectivity index is 1.44. The Morgan fingerprint density at radius 1 is 1.25 bits per heavy atom. The zero-order valence-corrected chi connectivity index (χ0v) is 15.6. The summed E-state index contributed by atoms with van der Waals surface area (Å²) in [5.74, 6) is 1.06. The molecule has 5 rings (SSSR count). The van der Waals surface area contributed by atoms with Crippen LogP contribution in [0.5, 0.6) is 5.75 Å². The maximum Gasteiger partial charge on any atom is 0.229 e. The van der Waals surface area contributed by atoms with Crippen LogP contribution in [0.3, 0.4) is 0 Å². The van der Waals surface area contributed by atoms with Crippen molar-refractivity contribution < 1.29 is 13.9 Å². The van der Waals surface area contributed by atoms with E-state index in [1.54, 1.807) is 12.1 Å². The van der Waals surface area contributed by atoms with Gasteiger partial charge in [0.2, 0.25) is 5.91 Å². The number of ether oxygens (including phenoxy) is 1. The number of rotatable bonds is 4. The number of carbonyl (C=O) groups is 1. The second kappa shape index (κ2) is 6.76. The van der Waals surface area contributed by atoms with E-state index in [1.807, 2.05) is 34.2 Å². The minimum Gasteiger partial charge on any atom is -0.493 e. The van der Waals surface area contributed by atoms with Crippen molar-refractivity contribution in [1.82, 2.24) is 9.38 Å². The van der Waals surface area contributed by atoms with E-state index in [0.717, 1.165) is 33.8 Å². The number of benzene rings is 2. The van der Waals surface area contributed by atoms with Crippen molar-refractivity contribution in [2.75, 3.05) is 11.9 Å². The van der Waals surface area contributed by atoms with Crippen molar-refractivity contribution >= 4 is 28.0 Å². The molecule has 0 bridgehead atoms. The first kappa shape index (κ1) is 16.9. The van der Waals surface area contributed by atoms with Crippen molar-refractivity contribution in [3.8, 4) is 17.0 Å². The number of nitrogens with zero attached hydrogens (tertiary/aromatic N) is 2. The van der Waals surface area contributed by atoms with Crippen LogP contribution in [0.25, 0.3) is 16.2 Å². The first-order valence-corrected chi connectivity index (χ1v) is 9.81. The van der Waals surface area contributed by atoms with Crippen LogP contribution < -0.4 is 10.1 Å². The first-order chi connectivity index (χ1) is 13.7. The van der Waals surface area contributed by atoms with Crippen LogP contribution in [-0.4, -0.2) is 21.9 Å². The smallest absolute Gasteiger partial charge is 0.229 e. The van der Waals surface area contributed by atoms with Crippen LogP contribution in [0.1, 0.15) is 11.1 Å². The molecule has 0 saturated heterocycles. The topological polar surface area (TPSA) is 55.6 Å². The predicted octanol–water partition coefficient (Wildman–Crippen LogP) is 4.32. The van der Waals surface area contributed by atoms with Gasteiger partial charge >= 0.3 is 0 Å². The Morgan fingerprint density at radius 2 is 2.11 bits per heavy atom. The van der Waals surface area contributed by atoms with Gasteiger partial charge in [-0.25, -0.2) is 9.37 Å². The molecule has 1 amide bonds. The highest BCUT2D eigenvalue weighted by Crippen LogP contribution is 2.31. The molecule has 1 aliphatic rings. The number of halogens is 1. The normalized spacial score (nSPS) is 12.8. The zero-order chi connectivity index (χ0) is 19.1. The molecule has 4 aromatic rings. The van der Waals surface area contributed by atoms with Crippen LogP contribution in [0, 0.1) is 5.82 Å². The van der Waals surface area contributed by atoms with Gasteiger partial charge in [-0.1, -0.05) is 12.1 Å². The van der Waals surface area contributed by atoms with Crippen LogP contribution in [0.4, 0.5) is 10.2 Å². The molecule has 0 radical (unpaired) electrons. The Labute approximate surface area is 164 Å². The summed E-state index contributed by atoms with van der Waals surface area (Å²) in [5.41, 5.74) is 3.46. The van der Waals surface area contributed by atoms with Crippen LogP contribution >= 0.6 is 11.3 Å². The fourth-order valence-electron chi connectivity index (χ4n) is 3.43. The van der Waals surface area contributed by atoms with Crippen LogP contribution in [0.15, 0.2) is 54.0 Å². The number of aromatic nitrogens is 2. The Kier molecular flexibility index (Phi) is 4.09. The zero-order valence-electron chi connectivity index (χ0n) is 14.8. The number of hydrogen-bond acceptors (Lipinski definition) is 4. The van der Waals surface area contributed by atoms with Gasteiger partial charge in [0.25, 0.3) is 0 Å². The molecular formula is C21H16FN3O2S. The van der Waals surface area contributed by atoms with Crippen LogP contribution in [-0.2, 0) is 17.6 Å². The number of fused-ring (bicyclic) bond motifs is 2. The summed E-state index contributed by atoms with van der Waals surface area (Å²) in [4.78, 5) is 18.1. The van der Waals surface area contributed by atoms with Crippen molar-refractivity contribution in [2.24, 2.45) is 0 Å². The fourth-order valence-corrected chi connectivity index (χ4v) is 4.14. The van der Waals surface area contributed by atoms with Gasteiger partial charge in [-0.3, -0.25) is 9.20 Å².